The molecule has 1 amide bonds. The van der Waals surface area contributed by atoms with Gasteiger partial charge in [0.15, 0.2) is 23.0 Å². The minimum absolute atomic E-state index is 0.0114. The van der Waals surface area contributed by atoms with E-state index in [1.807, 2.05) is 39.0 Å². The van der Waals surface area contributed by atoms with Crippen LogP contribution >= 0.6 is 11.6 Å². The van der Waals surface area contributed by atoms with Gasteiger partial charge in [-0.3, -0.25) is 14.5 Å². The molecule has 2 heterocycles. The highest BCUT2D eigenvalue weighted by Gasteiger charge is 2.46. The van der Waals surface area contributed by atoms with Crippen LogP contribution < -0.4 is 14.4 Å². The van der Waals surface area contributed by atoms with Gasteiger partial charge in [-0.25, -0.2) is 0 Å². The Balaban J connectivity index is 1.69. The van der Waals surface area contributed by atoms with Crippen LogP contribution in [0, 0.1) is 13.8 Å². The Morgan fingerprint density at radius 2 is 1.84 bits per heavy atom. The van der Waals surface area contributed by atoms with Crippen molar-refractivity contribution in [2.45, 2.75) is 26.8 Å². The standard InChI is InChI=1S/C30H26ClNO6/c1-5-37-24-14-18(7-10-23(24)36-4)27-26(28(33)25-15-19-13-20(31)8-11-22(19)38-25)29(34)30(35)32(27)21-9-6-16(2)12-17(21)3/h6-15,27,34H,5H2,1-4H3. The molecule has 0 saturated heterocycles. The Labute approximate surface area is 224 Å². The van der Waals surface area contributed by atoms with Crippen LogP contribution in [0.5, 0.6) is 11.5 Å². The summed E-state index contributed by atoms with van der Waals surface area (Å²) in [6.45, 7) is 6.07. The maximum atomic E-state index is 13.9. The van der Waals surface area contributed by atoms with Gasteiger partial charge < -0.3 is 19.0 Å². The number of halogens is 1. The van der Waals surface area contributed by atoms with Crippen LogP contribution in [-0.2, 0) is 4.79 Å². The second-order valence-corrected chi connectivity index (χ2v) is 9.53. The van der Waals surface area contributed by atoms with Crippen molar-refractivity contribution in [2.24, 2.45) is 0 Å². The number of ketones is 1. The third-order valence-corrected chi connectivity index (χ3v) is 6.81. The lowest BCUT2D eigenvalue weighted by Gasteiger charge is -2.28. The number of hydrogen-bond acceptors (Lipinski definition) is 6. The topological polar surface area (TPSA) is 89.2 Å². The van der Waals surface area contributed by atoms with E-state index in [4.69, 9.17) is 25.5 Å². The Hall–Kier alpha value is -4.23. The van der Waals surface area contributed by atoms with E-state index in [0.29, 0.717) is 45.3 Å². The highest BCUT2D eigenvalue weighted by molar-refractivity contribution is 6.31. The molecule has 1 unspecified atom stereocenters. The fourth-order valence-electron chi connectivity index (χ4n) is 4.87. The summed E-state index contributed by atoms with van der Waals surface area (Å²) in [5, 5.41) is 12.3. The first-order chi connectivity index (χ1) is 18.2. The van der Waals surface area contributed by atoms with Gasteiger partial charge in [-0.15, -0.1) is 0 Å². The summed E-state index contributed by atoms with van der Waals surface area (Å²) in [4.78, 5) is 28.9. The number of aryl methyl sites for hydroxylation is 2. The summed E-state index contributed by atoms with van der Waals surface area (Å²) in [7, 11) is 1.53. The molecule has 0 bridgehead atoms. The summed E-state index contributed by atoms with van der Waals surface area (Å²) in [6.07, 6.45) is 0. The number of hydrogen-bond donors (Lipinski definition) is 1. The van der Waals surface area contributed by atoms with Gasteiger partial charge in [-0.1, -0.05) is 35.4 Å². The lowest BCUT2D eigenvalue weighted by molar-refractivity contribution is -0.117. The lowest BCUT2D eigenvalue weighted by Crippen LogP contribution is -2.31. The van der Waals surface area contributed by atoms with Crippen LogP contribution in [-0.4, -0.2) is 30.5 Å². The number of benzene rings is 3. The summed E-state index contributed by atoms with van der Waals surface area (Å²) in [5.41, 5.74) is 3.36. The highest BCUT2D eigenvalue weighted by Crippen LogP contribution is 2.45. The van der Waals surface area contributed by atoms with Crippen molar-refractivity contribution in [1.29, 1.82) is 0 Å². The number of aliphatic hydroxyl groups excluding tert-OH is 1. The molecule has 38 heavy (non-hydrogen) atoms. The number of nitrogens with zero attached hydrogens (tertiary/aromatic N) is 1. The largest absolute Gasteiger partial charge is 0.503 e. The predicted molar refractivity (Wildman–Crippen MR) is 146 cm³/mol. The van der Waals surface area contributed by atoms with Gasteiger partial charge in [0.2, 0.25) is 5.78 Å². The van der Waals surface area contributed by atoms with Crippen molar-refractivity contribution in [3.8, 4) is 11.5 Å². The first kappa shape index (κ1) is 25.4. The predicted octanol–water partition coefficient (Wildman–Crippen LogP) is 6.89. The van der Waals surface area contributed by atoms with Gasteiger partial charge in [-0.2, -0.15) is 0 Å². The van der Waals surface area contributed by atoms with Crippen molar-refractivity contribution in [2.75, 3.05) is 18.6 Å². The Kier molecular flexibility index (Phi) is 6.63. The third kappa shape index (κ3) is 4.29. The smallest absolute Gasteiger partial charge is 0.294 e. The van der Waals surface area contributed by atoms with Crippen LogP contribution in [0.1, 0.15) is 40.2 Å². The van der Waals surface area contributed by atoms with E-state index >= 15 is 0 Å². The van der Waals surface area contributed by atoms with E-state index in [-0.39, 0.29) is 11.3 Å². The van der Waals surface area contributed by atoms with Crippen molar-refractivity contribution in [3.05, 3.63) is 99.5 Å². The quantitative estimate of drug-likeness (QED) is 0.261. The van der Waals surface area contributed by atoms with Gasteiger partial charge in [-0.05, 0) is 74.4 Å². The Morgan fingerprint density at radius 3 is 2.55 bits per heavy atom. The van der Waals surface area contributed by atoms with E-state index in [1.165, 1.54) is 12.0 Å². The van der Waals surface area contributed by atoms with E-state index in [1.54, 1.807) is 42.5 Å². The molecule has 8 heteroatoms. The van der Waals surface area contributed by atoms with E-state index in [2.05, 4.69) is 0 Å². The zero-order valence-corrected chi connectivity index (χ0v) is 22.1. The van der Waals surface area contributed by atoms with Crippen LogP contribution in [0.25, 0.3) is 11.0 Å². The number of furan rings is 1. The summed E-state index contributed by atoms with van der Waals surface area (Å²) >= 11 is 6.11. The van der Waals surface area contributed by atoms with Gasteiger partial charge >= 0.3 is 0 Å². The SMILES string of the molecule is CCOc1cc(C2C(C(=O)c3cc4cc(Cl)ccc4o3)=C(O)C(=O)N2c2ccc(C)cc2C)ccc1OC. The molecule has 0 fully saturated rings. The lowest BCUT2D eigenvalue weighted by atomic mass is 9.94. The normalized spacial score (nSPS) is 15.4. The average molecular weight is 532 g/mol. The summed E-state index contributed by atoms with van der Waals surface area (Å²) < 4.78 is 17.0. The number of fused-ring (bicyclic) bond motifs is 1. The second-order valence-electron chi connectivity index (χ2n) is 9.10. The molecule has 7 nitrogen and oxygen atoms in total. The molecule has 5 rings (SSSR count). The third-order valence-electron chi connectivity index (χ3n) is 6.57. The van der Waals surface area contributed by atoms with E-state index in [9.17, 15) is 14.7 Å². The number of anilines is 1. The Morgan fingerprint density at radius 1 is 1.05 bits per heavy atom. The van der Waals surface area contributed by atoms with Gasteiger partial charge in [0.1, 0.15) is 5.58 Å². The van der Waals surface area contributed by atoms with Gasteiger partial charge in [0, 0.05) is 16.1 Å². The van der Waals surface area contributed by atoms with Crippen LogP contribution in [0.15, 0.2) is 76.4 Å². The molecule has 1 aromatic heterocycles. The zero-order valence-electron chi connectivity index (χ0n) is 21.4. The van der Waals surface area contributed by atoms with Crippen LogP contribution in [0.4, 0.5) is 5.69 Å². The second kappa shape index (κ2) is 9.91. The number of amides is 1. The zero-order chi connectivity index (χ0) is 27.1. The van der Waals surface area contributed by atoms with Crippen molar-refractivity contribution < 1.29 is 28.6 Å². The average Bonchev–Trinajstić information content (AvgIpc) is 3.42. The van der Waals surface area contributed by atoms with Crippen molar-refractivity contribution >= 4 is 39.9 Å². The fourth-order valence-corrected chi connectivity index (χ4v) is 5.05. The molecular weight excluding hydrogens is 506 g/mol. The summed E-state index contributed by atoms with van der Waals surface area (Å²) in [5.74, 6) is -0.965. The minimum atomic E-state index is -0.946. The van der Waals surface area contributed by atoms with Gasteiger partial charge in [0.05, 0.1) is 25.3 Å². The highest BCUT2D eigenvalue weighted by atomic mass is 35.5. The number of aliphatic hydroxyl groups is 1. The molecule has 1 aliphatic rings. The number of ether oxygens (including phenoxy) is 2. The number of rotatable bonds is 7. The van der Waals surface area contributed by atoms with Crippen molar-refractivity contribution in [1.82, 2.24) is 0 Å². The monoisotopic (exact) mass is 531 g/mol. The van der Waals surface area contributed by atoms with Gasteiger partial charge in [0.25, 0.3) is 5.91 Å². The number of methoxy groups -OCH3 is 1. The molecule has 4 aromatic rings. The van der Waals surface area contributed by atoms with Crippen molar-refractivity contribution in [3.63, 3.8) is 0 Å². The molecule has 1 atom stereocenters. The molecule has 0 radical (unpaired) electrons. The molecule has 1 aliphatic heterocycles. The number of carbonyl (C=O) groups is 2. The van der Waals surface area contributed by atoms with Crippen LogP contribution in [0.2, 0.25) is 5.02 Å². The maximum absolute atomic E-state index is 13.9. The first-order valence-electron chi connectivity index (χ1n) is 12.1. The van der Waals surface area contributed by atoms with E-state index < -0.39 is 23.5 Å². The minimum Gasteiger partial charge on any atom is -0.503 e. The Bertz CT molecular complexity index is 1620. The fraction of sp³-hybridized carbons (Fsp3) is 0.200. The van der Waals surface area contributed by atoms with Crippen LogP contribution in [0.3, 0.4) is 0 Å². The van der Waals surface area contributed by atoms with E-state index in [0.717, 1.165) is 11.1 Å². The molecular formula is C30H26ClNO6. The molecule has 1 N–H and O–H groups in total. The molecule has 0 saturated carbocycles. The number of carbonyl (C=O) groups excluding carboxylic acids is 2. The maximum Gasteiger partial charge on any atom is 0.294 e. The molecule has 0 aliphatic carbocycles. The summed E-state index contributed by atoms with van der Waals surface area (Å²) in [6, 6.07) is 16.4. The molecule has 3 aromatic carbocycles. The first-order valence-corrected chi connectivity index (χ1v) is 12.5. The number of Topliss-reactive ketones (excluding diaryl/α,β-unsaturated/α-hetero) is 1. The molecule has 194 valence electrons. The molecule has 0 spiro atoms.